The van der Waals surface area contributed by atoms with E-state index < -0.39 is 5.25 Å². The molecule has 0 fully saturated rings. The highest BCUT2D eigenvalue weighted by atomic mass is 32.2. The molecule has 0 saturated carbocycles. The number of rotatable bonds is 5. The number of benzene rings is 1. The van der Waals surface area contributed by atoms with Gasteiger partial charge in [0.2, 0.25) is 0 Å². The average molecular weight is 274 g/mol. The summed E-state index contributed by atoms with van der Waals surface area (Å²) in [4.78, 5) is 20.2. The number of nitrogens with zero attached hydrogens (tertiary/aromatic N) is 2. The Labute approximate surface area is 116 Å². The topological polar surface area (TPSA) is 52.1 Å². The maximum absolute atomic E-state index is 12.1. The Morgan fingerprint density at radius 2 is 2.11 bits per heavy atom. The van der Waals surface area contributed by atoms with Crippen molar-refractivity contribution in [2.75, 3.05) is 6.61 Å². The van der Waals surface area contributed by atoms with Crippen LogP contribution >= 0.6 is 11.8 Å². The fourth-order valence-electron chi connectivity index (χ4n) is 1.57. The SMILES string of the molecule is CCOC(=O)C(Sc1cnccn1)c1ccccc1. The molecule has 5 heteroatoms. The van der Waals surface area contributed by atoms with E-state index in [0.717, 1.165) is 5.56 Å². The first-order valence-corrected chi connectivity index (χ1v) is 6.83. The van der Waals surface area contributed by atoms with Gasteiger partial charge >= 0.3 is 5.97 Å². The van der Waals surface area contributed by atoms with Crippen molar-refractivity contribution in [3.63, 3.8) is 0 Å². The summed E-state index contributed by atoms with van der Waals surface area (Å²) in [6.07, 6.45) is 4.85. The normalized spacial score (nSPS) is 11.8. The molecular weight excluding hydrogens is 260 g/mol. The van der Waals surface area contributed by atoms with Crippen molar-refractivity contribution in [1.29, 1.82) is 0 Å². The number of hydrogen-bond acceptors (Lipinski definition) is 5. The Morgan fingerprint density at radius 3 is 2.74 bits per heavy atom. The molecule has 0 aliphatic rings. The minimum Gasteiger partial charge on any atom is -0.465 e. The van der Waals surface area contributed by atoms with Gasteiger partial charge in [0, 0.05) is 12.4 Å². The minimum atomic E-state index is -0.419. The summed E-state index contributed by atoms with van der Waals surface area (Å²) in [7, 11) is 0. The third-order valence-corrected chi connectivity index (χ3v) is 3.53. The van der Waals surface area contributed by atoms with Crippen LogP contribution in [0, 0.1) is 0 Å². The largest absolute Gasteiger partial charge is 0.465 e. The highest BCUT2D eigenvalue weighted by Gasteiger charge is 2.23. The van der Waals surface area contributed by atoms with E-state index in [-0.39, 0.29) is 5.97 Å². The lowest BCUT2D eigenvalue weighted by atomic mass is 10.1. The summed E-state index contributed by atoms with van der Waals surface area (Å²) in [6.45, 7) is 2.16. The number of aromatic nitrogens is 2. The molecule has 1 unspecified atom stereocenters. The molecule has 98 valence electrons. The Balaban J connectivity index is 2.22. The van der Waals surface area contributed by atoms with Crippen LogP contribution in [-0.4, -0.2) is 22.5 Å². The van der Waals surface area contributed by atoms with Crippen LogP contribution in [0.25, 0.3) is 0 Å². The second kappa shape index (κ2) is 6.89. The number of carbonyl (C=O) groups excluding carboxylic acids is 1. The zero-order chi connectivity index (χ0) is 13.5. The smallest absolute Gasteiger partial charge is 0.324 e. The van der Waals surface area contributed by atoms with Crippen LogP contribution in [0.2, 0.25) is 0 Å². The van der Waals surface area contributed by atoms with E-state index in [9.17, 15) is 4.79 Å². The summed E-state index contributed by atoms with van der Waals surface area (Å²) in [5.41, 5.74) is 0.900. The Morgan fingerprint density at radius 1 is 1.32 bits per heavy atom. The van der Waals surface area contributed by atoms with E-state index in [0.29, 0.717) is 11.6 Å². The molecule has 0 radical (unpaired) electrons. The Kier molecular flexibility index (Phi) is 4.92. The van der Waals surface area contributed by atoms with Gasteiger partial charge in [-0.05, 0) is 12.5 Å². The number of thioether (sulfide) groups is 1. The van der Waals surface area contributed by atoms with Gasteiger partial charge in [0.15, 0.2) is 0 Å². The summed E-state index contributed by atoms with van der Waals surface area (Å²) < 4.78 is 5.12. The quantitative estimate of drug-likeness (QED) is 0.620. The van der Waals surface area contributed by atoms with Crippen LogP contribution in [0.4, 0.5) is 0 Å². The van der Waals surface area contributed by atoms with Gasteiger partial charge in [0.25, 0.3) is 0 Å². The van der Waals surface area contributed by atoms with E-state index in [1.165, 1.54) is 11.8 Å². The molecule has 1 heterocycles. The van der Waals surface area contributed by atoms with Crippen LogP contribution in [0.3, 0.4) is 0 Å². The van der Waals surface area contributed by atoms with Gasteiger partial charge in [-0.3, -0.25) is 9.78 Å². The molecular formula is C14H14N2O2S. The lowest BCUT2D eigenvalue weighted by Gasteiger charge is -2.14. The maximum Gasteiger partial charge on any atom is 0.324 e. The van der Waals surface area contributed by atoms with Gasteiger partial charge < -0.3 is 4.74 Å². The van der Waals surface area contributed by atoms with Crippen molar-refractivity contribution in [2.24, 2.45) is 0 Å². The van der Waals surface area contributed by atoms with Crippen molar-refractivity contribution in [1.82, 2.24) is 9.97 Å². The third-order valence-electron chi connectivity index (χ3n) is 2.38. The van der Waals surface area contributed by atoms with Gasteiger partial charge in [-0.15, -0.1) is 0 Å². The van der Waals surface area contributed by atoms with Crippen molar-refractivity contribution < 1.29 is 9.53 Å². The first-order valence-electron chi connectivity index (χ1n) is 5.95. The second-order valence-corrected chi connectivity index (χ2v) is 4.83. The summed E-state index contributed by atoms with van der Waals surface area (Å²) in [6, 6.07) is 9.53. The monoisotopic (exact) mass is 274 g/mol. The maximum atomic E-state index is 12.1. The molecule has 1 aromatic heterocycles. The molecule has 0 aliphatic heterocycles. The molecule has 4 nitrogen and oxygen atoms in total. The van der Waals surface area contributed by atoms with Crippen molar-refractivity contribution in [2.45, 2.75) is 17.2 Å². The Hall–Kier alpha value is -1.88. The predicted octanol–water partition coefficient (Wildman–Crippen LogP) is 2.87. The molecule has 0 amide bonds. The van der Waals surface area contributed by atoms with Crippen LogP contribution in [0.5, 0.6) is 0 Å². The van der Waals surface area contributed by atoms with E-state index in [4.69, 9.17) is 4.74 Å². The standard InChI is InChI=1S/C14H14N2O2S/c1-2-18-14(17)13(11-6-4-3-5-7-11)19-12-10-15-8-9-16-12/h3-10,13H,2H2,1H3. The lowest BCUT2D eigenvalue weighted by molar-refractivity contribution is -0.142. The van der Waals surface area contributed by atoms with Gasteiger partial charge in [0.05, 0.1) is 12.8 Å². The fourth-order valence-corrected chi connectivity index (χ4v) is 2.51. The molecule has 19 heavy (non-hydrogen) atoms. The second-order valence-electron chi connectivity index (χ2n) is 3.70. The number of carbonyl (C=O) groups is 1. The molecule has 2 aromatic rings. The highest BCUT2D eigenvalue weighted by molar-refractivity contribution is 8.00. The molecule has 0 saturated heterocycles. The van der Waals surface area contributed by atoms with Gasteiger partial charge in [0.1, 0.15) is 10.3 Å². The minimum absolute atomic E-state index is 0.260. The average Bonchev–Trinajstić information content (AvgIpc) is 2.47. The fraction of sp³-hybridized carbons (Fsp3) is 0.214. The van der Waals surface area contributed by atoms with E-state index in [1.54, 1.807) is 25.5 Å². The summed E-state index contributed by atoms with van der Waals surface area (Å²) in [5, 5.41) is 0.280. The molecule has 2 rings (SSSR count). The number of ether oxygens (including phenoxy) is 1. The van der Waals surface area contributed by atoms with E-state index >= 15 is 0 Å². The third kappa shape index (κ3) is 3.79. The molecule has 0 aliphatic carbocycles. The zero-order valence-corrected chi connectivity index (χ0v) is 11.3. The summed E-state index contributed by atoms with van der Waals surface area (Å²) >= 11 is 1.34. The number of esters is 1. The molecule has 0 N–H and O–H groups in total. The molecule has 0 bridgehead atoms. The van der Waals surface area contributed by atoms with Crippen molar-refractivity contribution >= 4 is 17.7 Å². The first kappa shape index (κ1) is 13.5. The molecule has 1 atom stereocenters. The van der Waals surface area contributed by atoms with Crippen LogP contribution in [-0.2, 0) is 9.53 Å². The van der Waals surface area contributed by atoms with E-state index in [2.05, 4.69) is 9.97 Å². The first-order chi connectivity index (χ1) is 9.31. The van der Waals surface area contributed by atoms with Crippen molar-refractivity contribution in [3.05, 3.63) is 54.5 Å². The molecule has 1 aromatic carbocycles. The van der Waals surface area contributed by atoms with Crippen molar-refractivity contribution in [3.8, 4) is 0 Å². The Bertz CT molecular complexity index is 519. The van der Waals surface area contributed by atoms with Crippen LogP contribution in [0.1, 0.15) is 17.7 Å². The summed E-state index contributed by atoms with van der Waals surface area (Å²) in [5.74, 6) is -0.260. The van der Waals surface area contributed by atoms with Crippen LogP contribution in [0.15, 0.2) is 53.9 Å². The highest BCUT2D eigenvalue weighted by Crippen LogP contribution is 2.34. The predicted molar refractivity (Wildman–Crippen MR) is 73.7 cm³/mol. The lowest BCUT2D eigenvalue weighted by Crippen LogP contribution is -2.13. The van der Waals surface area contributed by atoms with Crippen LogP contribution < -0.4 is 0 Å². The molecule has 0 spiro atoms. The number of hydrogen-bond donors (Lipinski definition) is 0. The van der Waals surface area contributed by atoms with Gasteiger partial charge in [-0.1, -0.05) is 42.1 Å². The zero-order valence-electron chi connectivity index (χ0n) is 10.5. The van der Waals surface area contributed by atoms with Gasteiger partial charge in [-0.2, -0.15) is 0 Å². The van der Waals surface area contributed by atoms with E-state index in [1.807, 2.05) is 30.3 Å². The van der Waals surface area contributed by atoms with Gasteiger partial charge in [-0.25, -0.2) is 4.98 Å².